The van der Waals surface area contributed by atoms with Gasteiger partial charge in [-0.05, 0) is 35.9 Å². The Morgan fingerprint density at radius 1 is 1.00 bits per heavy atom. The number of hydrogen-bond donors (Lipinski definition) is 2. The molecule has 0 amide bonds. The molecule has 4 N–H and O–H groups in total. The largest absolute Gasteiger partial charge is 0.417 e. The molecule has 0 spiro atoms. The van der Waals surface area contributed by atoms with Crippen molar-refractivity contribution in [3.63, 3.8) is 0 Å². The molecule has 6 nitrogen and oxygen atoms in total. The van der Waals surface area contributed by atoms with E-state index < -0.39 is 22.3 Å². The summed E-state index contributed by atoms with van der Waals surface area (Å²) in [6.07, 6.45) is 1.94. The lowest BCUT2D eigenvalue weighted by Crippen LogP contribution is -2.45. The van der Waals surface area contributed by atoms with Crippen molar-refractivity contribution in [2.45, 2.75) is 11.7 Å². The van der Waals surface area contributed by atoms with Gasteiger partial charge in [0.15, 0.2) is 0 Å². The third kappa shape index (κ3) is 4.10. The van der Waals surface area contributed by atoms with Gasteiger partial charge in [0.05, 0.1) is 33.8 Å². The summed E-state index contributed by atoms with van der Waals surface area (Å²) in [5.74, 6) is 0. The summed E-state index contributed by atoms with van der Waals surface area (Å²) in [5, 5.41) is -0.414. The third-order valence-electron chi connectivity index (χ3n) is 5.20. The highest BCUT2D eigenvalue weighted by Gasteiger charge is 2.33. The van der Waals surface area contributed by atoms with Crippen LogP contribution in [0.2, 0.25) is 5.02 Å². The van der Waals surface area contributed by atoms with Crippen LogP contribution in [-0.2, 0) is 11.7 Å². The van der Waals surface area contributed by atoms with Crippen LogP contribution in [0.25, 0.3) is 16.9 Å². The Morgan fingerprint density at radius 2 is 1.75 bits per heavy atom. The van der Waals surface area contributed by atoms with Gasteiger partial charge in [0.25, 0.3) is 0 Å². The van der Waals surface area contributed by atoms with Crippen molar-refractivity contribution in [2.75, 3.05) is 6.54 Å². The number of rotatable bonds is 5. The molecule has 10 heteroatoms. The van der Waals surface area contributed by atoms with Crippen molar-refractivity contribution in [2.24, 2.45) is 11.5 Å². The van der Waals surface area contributed by atoms with Crippen molar-refractivity contribution in [3.8, 4) is 16.9 Å². The number of aromatic nitrogens is 4. The molecule has 0 bridgehead atoms. The monoisotopic (exact) mass is 458 g/mol. The number of nitrogens with two attached hydrogens (primary N) is 2. The number of hydrogen-bond acceptors (Lipinski definition) is 5. The van der Waals surface area contributed by atoms with Gasteiger partial charge in [-0.1, -0.05) is 29.8 Å². The lowest BCUT2D eigenvalue weighted by molar-refractivity contribution is -0.137. The van der Waals surface area contributed by atoms with E-state index in [2.05, 4.69) is 15.0 Å². The minimum Gasteiger partial charge on any atom is -0.328 e. The maximum absolute atomic E-state index is 13.0. The van der Waals surface area contributed by atoms with Crippen molar-refractivity contribution in [1.82, 2.24) is 19.5 Å². The minimum absolute atomic E-state index is 0.0433. The number of halogens is 4. The van der Waals surface area contributed by atoms with Gasteiger partial charge in [0.1, 0.15) is 6.33 Å². The second-order valence-corrected chi connectivity index (χ2v) is 7.58. The molecule has 0 aliphatic rings. The molecule has 4 rings (SSSR count). The molecule has 0 fully saturated rings. The molecule has 2 aromatic heterocycles. The van der Waals surface area contributed by atoms with Crippen molar-refractivity contribution >= 4 is 11.6 Å². The summed E-state index contributed by atoms with van der Waals surface area (Å²) in [5.41, 5.74) is 13.5. The fraction of sp³-hybridized carbons (Fsp3) is 0.136. The van der Waals surface area contributed by atoms with Gasteiger partial charge in [-0.2, -0.15) is 13.2 Å². The first-order valence-corrected chi connectivity index (χ1v) is 9.87. The van der Waals surface area contributed by atoms with Gasteiger partial charge in [-0.25, -0.2) is 15.0 Å². The SMILES string of the molecule is NCC(N)(c1ccc(-n2ccnc2)cc1)c1cc(-c2ccc(C(F)(F)F)c(Cl)c2)ncn1. The molecule has 0 aliphatic heterocycles. The van der Waals surface area contributed by atoms with E-state index in [0.29, 0.717) is 17.0 Å². The molecule has 0 saturated heterocycles. The zero-order valence-corrected chi connectivity index (χ0v) is 17.3. The second kappa shape index (κ2) is 8.34. The maximum atomic E-state index is 13.0. The zero-order valence-electron chi connectivity index (χ0n) is 16.6. The second-order valence-electron chi connectivity index (χ2n) is 7.17. The number of benzene rings is 2. The van der Waals surface area contributed by atoms with Crippen LogP contribution in [0.15, 0.2) is 73.6 Å². The molecule has 1 unspecified atom stereocenters. The van der Waals surface area contributed by atoms with E-state index in [1.807, 2.05) is 35.0 Å². The quantitative estimate of drug-likeness (QED) is 0.468. The Labute approximate surface area is 186 Å². The minimum atomic E-state index is -4.54. The predicted molar refractivity (Wildman–Crippen MR) is 115 cm³/mol. The Balaban J connectivity index is 1.70. The van der Waals surface area contributed by atoms with Gasteiger partial charge in [-0.15, -0.1) is 0 Å². The Hall–Kier alpha value is -3.27. The smallest absolute Gasteiger partial charge is 0.328 e. The van der Waals surface area contributed by atoms with Gasteiger partial charge in [-0.3, -0.25) is 0 Å². The summed E-state index contributed by atoms with van der Waals surface area (Å²) >= 11 is 5.86. The first-order chi connectivity index (χ1) is 15.2. The van der Waals surface area contributed by atoms with Gasteiger partial charge in [0.2, 0.25) is 0 Å². The number of imidazole rings is 1. The van der Waals surface area contributed by atoms with E-state index in [0.717, 1.165) is 17.3 Å². The summed E-state index contributed by atoms with van der Waals surface area (Å²) in [6.45, 7) is 0.0433. The molecule has 2 heterocycles. The van der Waals surface area contributed by atoms with Crippen LogP contribution >= 0.6 is 11.6 Å². The van der Waals surface area contributed by atoms with Crippen LogP contribution in [0.5, 0.6) is 0 Å². The summed E-state index contributed by atoms with van der Waals surface area (Å²) in [6, 6.07) is 12.5. The van der Waals surface area contributed by atoms with E-state index in [1.165, 1.54) is 18.5 Å². The molecule has 4 aromatic rings. The van der Waals surface area contributed by atoms with Crippen LogP contribution in [0.3, 0.4) is 0 Å². The Bertz CT molecular complexity index is 1230. The molecule has 1 atom stereocenters. The lowest BCUT2D eigenvalue weighted by Gasteiger charge is -2.28. The molecular formula is C22H18ClF3N6. The van der Waals surface area contributed by atoms with E-state index in [4.69, 9.17) is 23.1 Å². The molecule has 0 radical (unpaired) electrons. The summed E-state index contributed by atoms with van der Waals surface area (Å²) in [7, 11) is 0. The average Bonchev–Trinajstić information content (AvgIpc) is 3.33. The molecule has 164 valence electrons. The highest BCUT2D eigenvalue weighted by atomic mass is 35.5. The van der Waals surface area contributed by atoms with E-state index in [1.54, 1.807) is 18.6 Å². The molecule has 2 aromatic carbocycles. The standard InChI is InChI=1S/C22H18ClF3N6/c23-18-9-14(1-6-17(18)22(24,25)26)19-10-20(31-12-30-19)21(28,11-27)15-2-4-16(5-3-15)32-8-7-29-13-32/h1-10,12-13H,11,27-28H2. The Kier molecular flexibility index (Phi) is 5.72. The van der Waals surface area contributed by atoms with Crippen LogP contribution in [0, 0.1) is 0 Å². The highest BCUT2D eigenvalue weighted by molar-refractivity contribution is 6.31. The third-order valence-corrected chi connectivity index (χ3v) is 5.51. The topological polar surface area (TPSA) is 95.6 Å². The van der Waals surface area contributed by atoms with E-state index >= 15 is 0 Å². The maximum Gasteiger partial charge on any atom is 0.417 e. The average molecular weight is 459 g/mol. The lowest BCUT2D eigenvalue weighted by atomic mass is 9.86. The molecular weight excluding hydrogens is 441 g/mol. The Morgan fingerprint density at radius 3 is 2.34 bits per heavy atom. The number of nitrogens with zero attached hydrogens (tertiary/aromatic N) is 4. The van der Waals surface area contributed by atoms with Gasteiger partial charge in [0, 0.05) is 30.2 Å². The first kappa shape index (κ1) is 21.9. The molecule has 0 saturated carbocycles. The van der Waals surface area contributed by atoms with Gasteiger partial charge >= 0.3 is 6.18 Å². The van der Waals surface area contributed by atoms with Crippen LogP contribution in [0.4, 0.5) is 13.2 Å². The zero-order chi connectivity index (χ0) is 22.9. The van der Waals surface area contributed by atoms with Gasteiger partial charge < -0.3 is 16.0 Å². The predicted octanol–water partition coefficient (Wildman–Crippen LogP) is 4.16. The number of alkyl halides is 3. The van der Waals surface area contributed by atoms with E-state index in [-0.39, 0.29) is 6.54 Å². The summed E-state index contributed by atoms with van der Waals surface area (Å²) in [4.78, 5) is 12.5. The molecule has 0 aliphatic carbocycles. The van der Waals surface area contributed by atoms with E-state index in [9.17, 15) is 13.2 Å². The van der Waals surface area contributed by atoms with Crippen LogP contribution in [0.1, 0.15) is 16.8 Å². The summed E-state index contributed by atoms with van der Waals surface area (Å²) < 4.78 is 40.9. The van der Waals surface area contributed by atoms with Crippen molar-refractivity contribution in [1.29, 1.82) is 0 Å². The first-order valence-electron chi connectivity index (χ1n) is 9.50. The van der Waals surface area contributed by atoms with Crippen molar-refractivity contribution in [3.05, 3.63) is 95.4 Å². The molecule has 32 heavy (non-hydrogen) atoms. The van der Waals surface area contributed by atoms with Crippen LogP contribution < -0.4 is 11.5 Å². The highest BCUT2D eigenvalue weighted by Crippen LogP contribution is 2.37. The normalized spacial score (nSPS) is 13.7. The fourth-order valence-electron chi connectivity index (χ4n) is 3.38. The van der Waals surface area contributed by atoms with Crippen molar-refractivity contribution < 1.29 is 13.2 Å². The fourth-order valence-corrected chi connectivity index (χ4v) is 3.66. The van der Waals surface area contributed by atoms with Crippen LogP contribution in [-0.4, -0.2) is 26.1 Å².